The average Bonchev–Trinajstić information content (AvgIpc) is 2.66. The van der Waals surface area contributed by atoms with Crippen LogP contribution < -0.4 is 5.73 Å². The quantitative estimate of drug-likeness (QED) is 0.790. The Kier molecular flexibility index (Phi) is 3.62. The molecular formula is C10H11BN3O2S. The van der Waals surface area contributed by atoms with Crippen LogP contribution in [0.5, 0.6) is 0 Å². The van der Waals surface area contributed by atoms with Crippen LogP contribution >= 0.6 is 0 Å². The fourth-order valence-electron chi connectivity index (χ4n) is 1.27. The monoisotopic (exact) mass is 248 g/mol. The third kappa shape index (κ3) is 2.50. The van der Waals surface area contributed by atoms with Gasteiger partial charge < -0.3 is 5.73 Å². The standard InChI is InChI=1S/C10H11N3O2S.B/c1-8-2-4-10(5-3-8)16(14,15)13-7-9(11)6-12-13;/h2-7H,11H2,1H3;. The number of nitrogens with zero attached hydrogens (tertiary/aromatic N) is 2. The molecule has 7 heteroatoms. The van der Waals surface area contributed by atoms with Gasteiger partial charge in [0.05, 0.1) is 23.0 Å². The number of rotatable bonds is 2. The largest absolute Gasteiger partial charge is 0.396 e. The predicted molar refractivity (Wildman–Crippen MR) is 66.2 cm³/mol. The Morgan fingerprint density at radius 2 is 1.82 bits per heavy atom. The van der Waals surface area contributed by atoms with Crippen molar-refractivity contribution in [3.63, 3.8) is 0 Å². The summed E-state index contributed by atoms with van der Waals surface area (Å²) in [6.45, 7) is 1.89. The Morgan fingerprint density at radius 1 is 1.24 bits per heavy atom. The molecule has 0 aliphatic rings. The zero-order valence-electron chi connectivity index (χ0n) is 9.24. The Balaban J connectivity index is 0.00000144. The lowest BCUT2D eigenvalue weighted by molar-refractivity contribution is 0.580. The summed E-state index contributed by atoms with van der Waals surface area (Å²) in [6, 6.07) is 6.56. The molecule has 0 bridgehead atoms. The molecule has 0 fully saturated rings. The van der Waals surface area contributed by atoms with Crippen LogP contribution in [0.15, 0.2) is 41.6 Å². The van der Waals surface area contributed by atoms with Gasteiger partial charge in [0.2, 0.25) is 0 Å². The molecule has 17 heavy (non-hydrogen) atoms. The van der Waals surface area contributed by atoms with Crippen LogP contribution in [0.3, 0.4) is 0 Å². The minimum atomic E-state index is -3.61. The molecule has 0 aliphatic carbocycles. The van der Waals surface area contributed by atoms with E-state index in [2.05, 4.69) is 5.10 Å². The van der Waals surface area contributed by atoms with E-state index in [1.807, 2.05) is 6.92 Å². The Morgan fingerprint density at radius 3 is 2.29 bits per heavy atom. The fourth-order valence-corrected chi connectivity index (χ4v) is 2.40. The summed E-state index contributed by atoms with van der Waals surface area (Å²) < 4.78 is 24.9. The molecule has 87 valence electrons. The Hall–Kier alpha value is -1.76. The van der Waals surface area contributed by atoms with E-state index in [0.29, 0.717) is 5.69 Å². The molecule has 0 spiro atoms. The van der Waals surface area contributed by atoms with Crippen LogP contribution in [0, 0.1) is 6.92 Å². The maximum absolute atomic E-state index is 12.0. The first-order chi connectivity index (χ1) is 7.50. The van der Waals surface area contributed by atoms with E-state index in [4.69, 9.17) is 5.73 Å². The van der Waals surface area contributed by atoms with Crippen molar-refractivity contribution in [1.82, 2.24) is 9.19 Å². The van der Waals surface area contributed by atoms with Crippen LogP contribution in [0.25, 0.3) is 0 Å². The summed E-state index contributed by atoms with van der Waals surface area (Å²) in [5.74, 6) is 0. The van der Waals surface area contributed by atoms with E-state index in [-0.39, 0.29) is 13.3 Å². The summed E-state index contributed by atoms with van der Waals surface area (Å²) in [5, 5.41) is 3.69. The number of benzene rings is 1. The Bertz CT molecular complexity index is 605. The van der Waals surface area contributed by atoms with Gasteiger partial charge in [-0.1, -0.05) is 17.7 Å². The van der Waals surface area contributed by atoms with Crippen molar-refractivity contribution in [1.29, 1.82) is 0 Å². The minimum Gasteiger partial charge on any atom is -0.396 e. The van der Waals surface area contributed by atoms with Gasteiger partial charge >= 0.3 is 0 Å². The highest BCUT2D eigenvalue weighted by Crippen LogP contribution is 2.14. The van der Waals surface area contributed by atoms with Crippen molar-refractivity contribution in [3.8, 4) is 0 Å². The van der Waals surface area contributed by atoms with Crippen molar-refractivity contribution in [2.75, 3.05) is 5.73 Å². The minimum absolute atomic E-state index is 0. The van der Waals surface area contributed by atoms with Gasteiger partial charge in [-0.3, -0.25) is 0 Å². The lowest BCUT2D eigenvalue weighted by atomic mass is 10.2. The van der Waals surface area contributed by atoms with E-state index in [0.717, 1.165) is 9.65 Å². The summed E-state index contributed by atoms with van der Waals surface area (Å²) in [7, 11) is -3.61. The number of aryl methyl sites for hydroxylation is 1. The first-order valence-electron chi connectivity index (χ1n) is 4.62. The number of hydrogen-bond acceptors (Lipinski definition) is 4. The molecule has 5 nitrogen and oxygen atoms in total. The molecule has 2 aromatic rings. The highest BCUT2D eigenvalue weighted by Gasteiger charge is 2.17. The van der Waals surface area contributed by atoms with E-state index in [9.17, 15) is 8.42 Å². The lowest BCUT2D eigenvalue weighted by Gasteiger charge is -2.03. The summed E-state index contributed by atoms with van der Waals surface area (Å²) in [5.41, 5.74) is 6.74. The smallest absolute Gasteiger partial charge is 0.283 e. The number of anilines is 1. The van der Waals surface area contributed by atoms with Crippen LogP contribution in [-0.2, 0) is 10.0 Å². The molecule has 1 aromatic heterocycles. The third-order valence-electron chi connectivity index (χ3n) is 2.15. The van der Waals surface area contributed by atoms with Crippen LogP contribution in [-0.4, -0.2) is 26.0 Å². The van der Waals surface area contributed by atoms with Gasteiger partial charge in [0.25, 0.3) is 10.0 Å². The zero-order valence-corrected chi connectivity index (χ0v) is 10.1. The van der Waals surface area contributed by atoms with E-state index in [1.54, 1.807) is 24.3 Å². The van der Waals surface area contributed by atoms with Crippen LogP contribution in [0.2, 0.25) is 0 Å². The van der Waals surface area contributed by atoms with E-state index >= 15 is 0 Å². The topological polar surface area (TPSA) is 78.0 Å². The molecular weight excluding hydrogens is 237 g/mol. The molecule has 0 amide bonds. The van der Waals surface area contributed by atoms with Gasteiger partial charge in [-0.2, -0.15) is 17.6 Å². The number of aromatic nitrogens is 2. The molecule has 0 saturated carbocycles. The maximum atomic E-state index is 12.0. The van der Waals surface area contributed by atoms with Gasteiger partial charge in [-0.25, -0.2) is 0 Å². The normalized spacial score (nSPS) is 10.9. The molecule has 2 rings (SSSR count). The predicted octanol–water partition coefficient (Wildman–Crippen LogP) is 0.630. The lowest BCUT2D eigenvalue weighted by Crippen LogP contribution is -2.13. The van der Waals surface area contributed by atoms with Gasteiger partial charge in [0.1, 0.15) is 0 Å². The number of nitrogen functional groups attached to an aromatic ring is 1. The van der Waals surface area contributed by atoms with Gasteiger partial charge in [-0.15, -0.1) is 0 Å². The SMILES string of the molecule is Cc1ccc(S(=O)(=O)n2cc(N)cn2)cc1.[B]. The second-order valence-corrected chi connectivity index (χ2v) is 5.26. The summed E-state index contributed by atoms with van der Waals surface area (Å²) >= 11 is 0. The highest BCUT2D eigenvalue weighted by molar-refractivity contribution is 7.89. The zero-order chi connectivity index (χ0) is 11.8. The van der Waals surface area contributed by atoms with Gasteiger partial charge in [0.15, 0.2) is 0 Å². The molecule has 1 heterocycles. The van der Waals surface area contributed by atoms with Crippen molar-refractivity contribution in [2.24, 2.45) is 0 Å². The summed E-state index contributed by atoms with van der Waals surface area (Å²) in [4.78, 5) is 0.196. The van der Waals surface area contributed by atoms with E-state index < -0.39 is 10.0 Å². The number of nitrogens with two attached hydrogens (primary N) is 1. The molecule has 0 aliphatic heterocycles. The Labute approximate surface area is 102 Å². The van der Waals surface area contributed by atoms with Crippen molar-refractivity contribution in [2.45, 2.75) is 11.8 Å². The van der Waals surface area contributed by atoms with Gasteiger partial charge in [-0.05, 0) is 19.1 Å². The fraction of sp³-hybridized carbons (Fsp3) is 0.100. The maximum Gasteiger partial charge on any atom is 0.283 e. The first-order valence-corrected chi connectivity index (χ1v) is 6.06. The number of hydrogen-bond donors (Lipinski definition) is 1. The first kappa shape index (κ1) is 13.3. The molecule has 0 atom stereocenters. The van der Waals surface area contributed by atoms with Crippen LogP contribution in [0.4, 0.5) is 5.69 Å². The second-order valence-electron chi connectivity index (χ2n) is 3.46. The summed E-state index contributed by atoms with van der Waals surface area (Å²) in [6.07, 6.45) is 2.57. The van der Waals surface area contributed by atoms with Gasteiger partial charge in [0, 0.05) is 8.41 Å². The van der Waals surface area contributed by atoms with Crippen molar-refractivity contribution >= 4 is 24.1 Å². The van der Waals surface area contributed by atoms with Crippen LogP contribution in [0.1, 0.15) is 5.56 Å². The average molecular weight is 248 g/mol. The van der Waals surface area contributed by atoms with E-state index in [1.165, 1.54) is 12.4 Å². The molecule has 2 N–H and O–H groups in total. The van der Waals surface area contributed by atoms with Crippen molar-refractivity contribution < 1.29 is 8.42 Å². The molecule has 3 radical (unpaired) electrons. The van der Waals surface area contributed by atoms with Crippen molar-refractivity contribution in [3.05, 3.63) is 42.2 Å². The molecule has 0 saturated heterocycles. The molecule has 0 unspecified atom stereocenters. The second kappa shape index (κ2) is 4.62. The highest BCUT2D eigenvalue weighted by atomic mass is 32.2. The molecule has 1 aromatic carbocycles. The third-order valence-corrected chi connectivity index (χ3v) is 3.71.